The molecule has 0 radical (unpaired) electrons. The molecular formula is C17H17N5O6S. The number of β-lactam (4-membered cyclic amide) rings is 1. The number of carboxylic acid groups (broad SMARTS) is 1. The first kappa shape index (κ1) is 20.3. The summed E-state index contributed by atoms with van der Waals surface area (Å²) in [5, 5.41) is 17.2. The highest BCUT2D eigenvalue weighted by atomic mass is 32.2. The third kappa shape index (κ3) is 3.92. The van der Waals surface area contributed by atoms with Gasteiger partial charge in [-0.3, -0.25) is 19.3 Å². The van der Waals surface area contributed by atoms with Crippen molar-refractivity contribution < 1.29 is 29.1 Å². The largest absolute Gasteiger partial charge is 0.477 e. The monoisotopic (exact) mass is 419 g/mol. The number of fused-ring (bicyclic) bond motifs is 1. The van der Waals surface area contributed by atoms with E-state index in [0.717, 1.165) is 4.90 Å². The highest BCUT2D eigenvalue weighted by Gasteiger charge is 2.54. The third-order valence-electron chi connectivity index (χ3n) is 4.15. The van der Waals surface area contributed by atoms with Gasteiger partial charge in [-0.1, -0.05) is 11.2 Å². The standard InChI is InChI=1S/C17H17N5O6S/c1-8-6-10(17(26)27)22-15(25)13(16(22)29-8)20-14(24)12(21-28-2)9-4-3-5-11(19-9)18-7-23/h3-8,13,16H,1-2H3,(H,20,24)(H,26,27)(H,18,19,23)/t8?,13?,16-/m0/s1. The summed E-state index contributed by atoms with van der Waals surface area (Å²) in [5.74, 6) is -2.25. The molecule has 0 aliphatic carbocycles. The third-order valence-corrected chi connectivity index (χ3v) is 5.48. The molecule has 1 aromatic rings. The van der Waals surface area contributed by atoms with Crippen molar-refractivity contribution in [2.45, 2.75) is 23.6 Å². The Hall–Kier alpha value is -3.41. The van der Waals surface area contributed by atoms with Crippen molar-refractivity contribution in [3.63, 3.8) is 0 Å². The average molecular weight is 419 g/mol. The van der Waals surface area contributed by atoms with E-state index in [4.69, 9.17) is 4.84 Å². The smallest absolute Gasteiger partial charge is 0.352 e. The van der Waals surface area contributed by atoms with Crippen molar-refractivity contribution in [2.75, 3.05) is 12.4 Å². The molecule has 1 fully saturated rings. The summed E-state index contributed by atoms with van der Waals surface area (Å²) < 4.78 is 0. The van der Waals surface area contributed by atoms with Gasteiger partial charge in [0, 0.05) is 5.25 Å². The van der Waals surface area contributed by atoms with E-state index in [2.05, 4.69) is 20.8 Å². The Bertz CT molecular complexity index is 933. The van der Waals surface area contributed by atoms with Crippen LogP contribution >= 0.6 is 11.8 Å². The Morgan fingerprint density at radius 2 is 2.17 bits per heavy atom. The van der Waals surface area contributed by atoms with E-state index in [-0.39, 0.29) is 28.2 Å². The highest BCUT2D eigenvalue weighted by molar-refractivity contribution is 8.00. The maximum absolute atomic E-state index is 12.8. The van der Waals surface area contributed by atoms with Gasteiger partial charge in [0.05, 0.1) is 0 Å². The molecule has 3 atom stereocenters. The molecule has 3 rings (SSSR count). The molecule has 11 nitrogen and oxygen atoms in total. The van der Waals surface area contributed by atoms with E-state index < -0.39 is 29.2 Å². The van der Waals surface area contributed by atoms with E-state index in [1.54, 1.807) is 13.0 Å². The fraction of sp³-hybridized carbons (Fsp3) is 0.294. The first-order chi connectivity index (χ1) is 13.9. The van der Waals surface area contributed by atoms with Crippen LogP contribution in [0.3, 0.4) is 0 Å². The number of carbonyl (C=O) groups is 4. The van der Waals surface area contributed by atoms with Crippen molar-refractivity contribution in [3.05, 3.63) is 35.7 Å². The summed E-state index contributed by atoms with van der Waals surface area (Å²) in [7, 11) is 1.25. The van der Waals surface area contributed by atoms with Crippen LogP contribution in [0, 0.1) is 0 Å². The number of amides is 3. The molecule has 3 amide bonds. The molecular weight excluding hydrogens is 402 g/mol. The van der Waals surface area contributed by atoms with Gasteiger partial charge in [0.25, 0.3) is 11.8 Å². The Kier molecular flexibility index (Phi) is 5.82. The molecule has 2 unspecified atom stereocenters. The summed E-state index contributed by atoms with van der Waals surface area (Å²) in [6, 6.07) is 3.65. The normalized spacial score (nSPS) is 23.3. The van der Waals surface area contributed by atoms with Crippen molar-refractivity contribution in [3.8, 4) is 0 Å². The first-order valence-electron chi connectivity index (χ1n) is 8.40. The number of anilines is 1. The quantitative estimate of drug-likeness (QED) is 0.237. The summed E-state index contributed by atoms with van der Waals surface area (Å²) in [6.07, 6.45) is 1.93. The molecule has 152 valence electrons. The van der Waals surface area contributed by atoms with Crippen LogP contribution in [-0.4, -0.2) is 68.7 Å². The molecule has 0 spiro atoms. The number of rotatable bonds is 7. The van der Waals surface area contributed by atoms with E-state index >= 15 is 0 Å². The van der Waals surface area contributed by atoms with Crippen LogP contribution in [0.2, 0.25) is 0 Å². The lowest BCUT2D eigenvalue weighted by molar-refractivity contribution is -0.150. The second-order valence-corrected chi connectivity index (χ2v) is 7.54. The maximum Gasteiger partial charge on any atom is 0.352 e. The van der Waals surface area contributed by atoms with Gasteiger partial charge in [0.1, 0.15) is 35.7 Å². The average Bonchev–Trinajstić information content (AvgIpc) is 2.69. The van der Waals surface area contributed by atoms with Crippen LogP contribution < -0.4 is 10.6 Å². The number of thioether (sulfide) groups is 1. The SMILES string of the molecule is CON=C(C(=O)NC1C(=O)N2C(C(=O)O)=CC(C)S[C@@H]12)c1cccc(NC=O)n1. The molecule has 2 aliphatic heterocycles. The number of aromatic nitrogens is 1. The van der Waals surface area contributed by atoms with Crippen LogP contribution in [0.1, 0.15) is 12.6 Å². The fourth-order valence-corrected chi connectivity index (χ4v) is 4.27. The van der Waals surface area contributed by atoms with Crippen molar-refractivity contribution in [1.82, 2.24) is 15.2 Å². The van der Waals surface area contributed by atoms with E-state index in [0.29, 0.717) is 6.41 Å². The Balaban J connectivity index is 1.80. The second kappa shape index (κ2) is 8.31. The second-order valence-electron chi connectivity index (χ2n) is 6.04. The zero-order valence-electron chi connectivity index (χ0n) is 15.4. The number of nitrogens with one attached hydrogen (secondary N) is 2. The topological polar surface area (TPSA) is 150 Å². The van der Waals surface area contributed by atoms with Crippen LogP contribution in [0.15, 0.2) is 35.1 Å². The molecule has 12 heteroatoms. The maximum atomic E-state index is 12.8. The minimum Gasteiger partial charge on any atom is -0.477 e. The summed E-state index contributed by atoms with van der Waals surface area (Å²) >= 11 is 1.36. The first-order valence-corrected chi connectivity index (χ1v) is 9.35. The Morgan fingerprint density at radius 1 is 1.41 bits per heavy atom. The summed E-state index contributed by atoms with van der Waals surface area (Å²) in [5.41, 5.74) is -0.177. The molecule has 1 aromatic heterocycles. The lowest BCUT2D eigenvalue weighted by Gasteiger charge is -2.49. The minimum atomic E-state index is -1.20. The lowest BCUT2D eigenvalue weighted by Crippen LogP contribution is -2.71. The van der Waals surface area contributed by atoms with E-state index in [1.807, 2.05) is 0 Å². The number of aliphatic carboxylic acids is 1. The number of hydrogen-bond acceptors (Lipinski definition) is 8. The zero-order valence-corrected chi connectivity index (χ0v) is 16.2. The van der Waals surface area contributed by atoms with Gasteiger partial charge in [-0.05, 0) is 25.1 Å². The van der Waals surface area contributed by atoms with Crippen LogP contribution in [-0.2, 0) is 24.0 Å². The number of nitrogens with zero attached hydrogens (tertiary/aromatic N) is 3. The zero-order chi connectivity index (χ0) is 21.1. The van der Waals surface area contributed by atoms with Crippen LogP contribution in [0.25, 0.3) is 0 Å². The summed E-state index contributed by atoms with van der Waals surface area (Å²) in [4.78, 5) is 57.2. The van der Waals surface area contributed by atoms with Gasteiger partial charge < -0.3 is 20.6 Å². The van der Waals surface area contributed by atoms with Crippen molar-refractivity contribution >= 4 is 47.5 Å². The highest BCUT2D eigenvalue weighted by Crippen LogP contribution is 2.40. The van der Waals surface area contributed by atoms with Gasteiger partial charge in [-0.15, -0.1) is 11.8 Å². The molecule has 1 saturated heterocycles. The number of carbonyl (C=O) groups excluding carboxylic acids is 3. The number of pyridine rings is 1. The molecule has 0 aromatic carbocycles. The molecule has 0 bridgehead atoms. The number of carboxylic acids is 1. The predicted octanol–water partition coefficient (Wildman–Crippen LogP) is -0.243. The van der Waals surface area contributed by atoms with Gasteiger partial charge in [-0.25, -0.2) is 9.78 Å². The number of oxime groups is 1. The van der Waals surface area contributed by atoms with Crippen LogP contribution in [0.5, 0.6) is 0 Å². The Morgan fingerprint density at radius 3 is 2.83 bits per heavy atom. The van der Waals surface area contributed by atoms with Crippen LogP contribution in [0.4, 0.5) is 5.82 Å². The minimum absolute atomic E-state index is 0.100. The molecule has 3 heterocycles. The van der Waals surface area contributed by atoms with Gasteiger partial charge in [-0.2, -0.15) is 0 Å². The number of hydrogen-bond donors (Lipinski definition) is 3. The van der Waals surface area contributed by atoms with E-state index in [9.17, 15) is 24.3 Å². The van der Waals surface area contributed by atoms with Crippen molar-refractivity contribution in [2.24, 2.45) is 5.16 Å². The fourth-order valence-electron chi connectivity index (χ4n) is 2.94. The predicted molar refractivity (Wildman–Crippen MR) is 103 cm³/mol. The van der Waals surface area contributed by atoms with Gasteiger partial charge in [0.2, 0.25) is 6.41 Å². The van der Waals surface area contributed by atoms with Gasteiger partial charge in [0.15, 0.2) is 5.71 Å². The summed E-state index contributed by atoms with van der Waals surface area (Å²) in [6.45, 7) is 1.81. The Labute approximate surface area is 169 Å². The molecule has 29 heavy (non-hydrogen) atoms. The van der Waals surface area contributed by atoms with Crippen molar-refractivity contribution in [1.29, 1.82) is 0 Å². The molecule has 2 aliphatic rings. The molecule has 0 saturated carbocycles. The van der Waals surface area contributed by atoms with E-state index in [1.165, 1.54) is 37.1 Å². The van der Waals surface area contributed by atoms with Gasteiger partial charge >= 0.3 is 5.97 Å². The molecule has 3 N–H and O–H groups in total. The lowest BCUT2D eigenvalue weighted by atomic mass is 10.0.